The molecule has 32 heavy (non-hydrogen) atoms. The third kappa shape index (κ3) is 6.25. The van der Waals surface area contributed by atoms with Crippen molar-refractivity contribution in [3.63, 3.8) is 0 Å². The molecule has 0 radical (unpaired) electrons. The Morgan fingerprint density at radius 1 is 1.19 bits per heavy atom. The largest absolute Gasteiger partial charge is 0.482 e. The second-order valence-electron chi connectivity index (χ2n) is 9.37. The molecule has 0 amide bonds. The van der Waals surface area contributed by atoms with Gasteiger partial charge in [-0.25, -0.2) is 4.79 Å². The molecule has 0 heterocycles. The number of esters is 2. The highest BCUT2D eigenvalue weighted by molar-refractivity contribution is 5.71. The van der Waals surface area contributed by atoms with Gasteiger partial charge in [-0.05, 0) is 73.5 Å². The molecule has 5 unspecified atom stereocenters. The number of fused-ring (bicyclic) bond motifs is 2. The van der Waals surface area contributed by atoms with E-state index in [1.165, 1.54) is 19.6 Å². The van der Waals surface area contributed by atoms with E-state index in [2.05, 4.69) is 13.0 Å². The van der Waals surface area contributed by atoms with Crippen LogP contribution in [0.4, 0.5) is 0 Å². The molecule has 0 aromatic heterocycles. The van der Waals surface area contributed by atoms with Gasteiger partial charge in [-0.2, -0.15) is 0 Å². The van der Waals surface area contributed by atoms with Gasteiger partial charge in [-0.1, -0.05) is 38.3 Å². The van der Waals surface area contributed by atoms with Crippen molar-refractivity contribution in [1.29, 1.82) is 0 Å². The number of carbonyl (C=O) groups excluding carboxylic acids is 2. The van der Waals surface area contributed by atoms with Gasteiger partial charge >= 0.3 is 11.9 Å². The lowest BCUT2D eigenvalue weighted by Crippen LogP contribution is -2.29. The predicted octanol–water partition coefficient (Wildman–Crippen LogP) is 4.24. The zero-order chi connectivity index (χ0) is 23.1. The Labute approximate surface area is 191 Å². The van der Waals surface area contributed by atoms with E-state index in [-0.39, 0.29) is 30.7 Å². The second-order valence-corrected chi connectivity index (χ2v) is 9.37. The number of hydrogen-bond acceptors (Lipinski definition) is 6. The second kappa shape index (κ2) is 11.7. The third-order valence-corrected chi connectivity index (χ3v) is 7.18. The first kappa shape index (κ1) is 24.6. The number of methoxy groups -OCH3 is 1. The highest BCUT2D eigenvalue weighted by Crippen LogP contribution is 2.49. The van der Waals surface area contributed by atoms with E-state index in [9.17, 15) is 14.7 Å². The number of rotatable bonds is 11. The standard InChI is InChI=1S/C26H38O6/c1-4-5-6-9-20(28)11-12-21-22-13-18-8-7-10-24(31-16-26(29)30-3)23(18)14-19(22)15-25(21)32-17(2)27/h7-8,10,19-22,25,28H,4-6,9,11-16H2,1-3H3. The summed E-state index contributed by atoms with van der Waals surface area (Å²) in [5.74, 6) is 1.19. The zero-order valence-electron chi connectivity index (χ0n) is 19.7. The van der Waals surface area contributed by atoms with Gasteiger partial charge in [0.2, 0.25) is 0 Å². The number of benzene rings is 1. The number of unbranched alkanes of at least 4 members (excludes halogenated alkanes) is 2. The molecule has 0 spiro atoms. The summed E-state index contributed by atoms with van der Waals surface area (Å²) in [7, 11) is 1.35. The van der Waals surface area contributed by atoms with Gasteiger partial charge in [0, 0.05) is 6.92 Å². The summed E-state index contributed by atoms with van der Waals surface area (Å²) in [6.45, 7) is 3.55. The van der Waals surface area contributed by atoms with Gasteiger partial charge in [-0.3, -0.25) is 4.79 Å². The Morgan fingerprint density at radius 2 is 2.00 bits per heavy atom. The van der Waals surface area contributed by atoms with Crippen molar-refractivity contribution in [2.45, 2.75) is 83.8 Å². The Morgan fingerprint density at radius 3 is 2.72 bits per heavy atom. The maximum absolute atomic E-state index is 11.8. The average molecular weight is 447 g/mol. The monoisotopic (exact) mass is 446 g/mol. The van der Waals surface area contributed by atoms with Crippen LogP contribution >= 0.6 is 0 Å². The van der Waals surface area contributed by atoms with Crippen molar-refractivity contribution < 1.29 is 28.9 Å². The molecular formula is C26H38O6. The summed E-state index contributed by atoms with van der Waals surface area (Å²) in [4.78, 5) is 23.3. The Kier molecular flexibility index (Phi) is 8.97. The Hall–Kier alpha value is -2.08. The Balaban J connectivity index is 1.70. The van der Waals surface area contributed by atoms with Crippen LogP contribution in [0, 0.1) is 17.8 Å². The lowest BCUT2D eigenvalue weighted by molar-refractivity contribution is -0.148. The minimum Gasteiger partial charge on any atom is -0.482 e. The van der Waals surface area contributed by atoms with Gasteiger partial charge in [0.05, 0.1) is 13.2 Å². The summed E-state index contributed by atoms with van der Waals surface area (Å²) in [5, 5.41) is 10.5. The van der Waals surface area contributed by atoms with Gasteiger partial charge in [0.1, 0.15) is 11.9 Å². The topological polar surface area (TPSA) is 82.1 Å². The fourth-order valence-corrected chi connectivity index (χ4v) is 5.61. The van der Waals surface area contributed by atoms with Crippen LogP contribution in [0.2, 0.25) is 0 Å². The molecule has 178 valence electrons. The molecule has 6 nitrogen and oxygen atoms in total. The lowest BCUT2D eigenvalue weighted by Gasteiger charge is -2.32. The molecule has 0 saturated heterocycles. The smallest absolute Gasteiger partial charge is 0.343 e. The molecule has 2 aliphatic carbocycles. The number of aliphatic hydroxyl groups is 1. The maximum Gasteiger partial charge on any atom is 0.343 e. The molecule has 2 aliphatic rings. The van der Waals surface area contributed by atoms with E-state index in [0.717, 1.165) is 69.1 Å². The number of aliphatic hydroxyl groups excluding tert-OH is 1. The first-order chi connectivity index (χ1) is 15.4. The zero-order valence-corrected chi connectivity index (χ0v) is 19.7. The molecule has 3 rings (SSSR count). The first-order valence-electron chi connectivity index (χ1n) is 12.1. The summed E-state index contributed by atoms with van der Waals surface area (Å²) < 4.78 is 16.2. The first-order valence-corrected chi connectivity index (χ1v) is 12.1. The van der Waals surface area contributed by atoms with Crippen LogP contribution in [0.25, 0.3) is 0 Å². The van der Waals surface area contributed by atoms with Crippen molar-refractivity contribution in [2.75, 3.05) is 13.7 Å². The van der Waals surface area contributed by atoms with Crippen LogP contribution in [0.1, 0.15) is 69.9 Å². The fraction of sp³-hybridized carbons (Fsp3) is 0.692. The third-order valence-electron chi connectivity index (χ3n) is 7.18. The van der Waals surface area contributed by atoms with Gasteiger partial charge in [-0.15, -0.1) is 0 Å². The van der Waals surface area contributed by atoms with Crippen LogP contribution in [-0.4, -0.2) is 43.0 Å². The van der Waals surface area contributed by atoms with Crippen LogP contribution in [-0.2, 0) is 31.9 Å². The minimum atomic E-state index is -0.398. The Bertz CT molecular complexity index is 776. The minimum absolute atomic E-state index is 0.0981. The molecule has 5 atom stereocenters. The van der Waals surface area contributed by atoms with Crippen LogP contribution < -0.4 is 4.74 Å². The number of hydrogen-bond donors (Lipinski definition) is 1. The maximum atomic E-state index is 11.8. The van der Waals surface area contributed by atoms with Gasteiger partial charge in [0.25, 0.3) is 0 Å². The summed E-state index contributed by atoms with van der Waals surface area (Å²) >= 11 is 0. The molecule has 0 aliphatic heterocycles. The van der Waals surface area contributed by atoms with E-state index in [1.54, 1.807) is 0 Å². The highest BCUT2D eigenvalue weighted by atomic mass is 16.6. The molecule has 6 heteroatoms. The average Bonchev–Trinajstić information content (AvgIpc) is 3.09. The van der Waals surface area contributed by atoms with E-state index < -0.39 is 5.97 Å². The quantitative estimate of drug-likeness (QED) is 0.404. The van der Waals surface area contributed by atoms with Crippen molar-refractivity contribution in [1.82, 2.24) is 0 Å². The lowest BCUT2D eigenvalue weighted by atomic mass is 9.73. The fourth-order valence-electron chi connectivity index (χ4n) is 5.61. The van der Waals surface area contributed by atoms with Crippen molar-refractivity contribution in [3.8, 4) is 5.75 Å². The van der Waals surface area contributed by atoms with Gasteiger partial charge in [0.15, 0.2) is 6.61 Å². The highest BCUT2D eigenvalue weighted by Gasteiger charge is 2.47. The van der Waals surface area contributed by atoms with Crippen LogP contribution in [0.3, 0.4) is 0 Å². The van der Waals surface area contributed by atoms with Crippen molar-refractivity contribution in [3.05, 3.63) is 29.3 Å². The normalized spacial score (nSPS) is 24.9. The van der Waals surface area contributed by atoms with Crippen molar-refractivity contribution in [2.24, 2.45) is 17.8 Å². The molecule has 1 aromatic rings. The molecule has 1 N–H and O–H groups in total. The van der Waals surface area contributed by atoms with E-state index in [1.807, 2.05) is 12.1 Å². The van der Waals surface area contributed by atoms with Crippen LogP contribution in [0.5, 0.6) is 5.75 Å². The summed E-state index contributed by atoms with van der Waals surface area (Å²) in [6.07, 6.45) is 8.05. The summed E-state index contributed by atoms with van der Waals surface area (Å²) in [5.41, 5.74) is 2.39. The number of carbonyl (C=O) groups is 2. The van der Waals surface area contributed by atoms with Gasteiger partial charge < -0.3 is 19.3 Å². The molecule has 1 fully saturated rings. The summed E-state index contributed by atoms with van der Waals surface area (Å²) in [6, 6.07) is 6.01. The van der Waals surface area contributed by atoms with Crippen LogP contribution in [0.15, 0.2) is 18.2 Å². The van der Waals surface area contributed by atoms with Crippen molar-refractivity contribution >= 4 is 11.9 Å². The number of ether oxygens (including phenoxy) is 3. The molecule has 1 aromatic carbocycles. The molecule has 0 bridgehead atoms. The van der Waals surface area contributed by atoms with E-state index >= 15 is 0 Å². The molecular weight excluding hydrogens is 408 g/mol. The SMILES string of the molecule is CCCCCC(O)CCC1C(OC(C)=O)CC2Cc3c(cccc3OCC(=O)OC)CC21. The van der Waals surface area contributed by atoms with E-state index in [0.29, 0.717) is 11.8 Å². The predicted molar refractivity (Wildman–Crippen MR) is 121 cm³/mol. The molecule has 1 saturated carbocycles. The van der Waals surface area contributed by atoms with E-state index in [4.69, 9.17) is 14.2 Å².